The van der Waals surface area contributed by atoms with Gasteiger partial charge in [0, 0.05) is 49.4 Å². The van der Waals surface area contributed by atoms with Crippen LogP contribution in [0.15, 0.2) is 23.1 Å². The monoisotopic (exact) mass is 453 g/mol. The zero-order valence-electron chi connectivity index (χ0n) is 16.7. The van der Waals surface area contributed by atoms with Crippen molar-refractivity contribution < 1.29 is 32.3 Å². The van der Waals surface area contributed by atoms with E-state index in [9.17, 15) is 37.1 Å². The molecule has 11 heteroatoms. The molecule has 1 aromatic heterocycles. The minimum absolute atomic E-state index is 0.162. The summed E-state index contributed by atoms with van der Waals surface area (Å²) in [5.74, 6) is -6.67. The topological polar surface area (TPSA) is 91.6 Å². The smallest absolute Gasteiger partial charge is 0.274 e. The maximum absolute atomic E-state index is 13.8. The van der Waals surface area contributed by atoms with Crippen molar-refractivity contribution in [2.45, 2.75) is 25.4 Å². The van der Waals surface area contributed by atoms with Crippen molar-refractivity contribution in [3.63, 3.8) is 0 Å². The first-order valence-electron chi connectivity index (χ1n) is 9.97. The number of fused-ring (bicyclic) bond motifs is 4. The van der Waals surface area contributed by atoms with Crippen LogP contribution in [0.4, 0.5) is 17.6 Å². The highest BCUT2D eigenvalue weighted by Gasteiger charge is 2.40. The largest absolute Gasteiger partial charge is 0.503 e. The van der Waals surface area contributed by atoms with E-state index in [1.165, 1.54) is 9.47 Å². The molecule has 170 valence electrons. The van der Waals surface area contributed by atoms with E-state index in [1.54, 1.807) is 0 Å². The second-order valence-corrected chi connectivity index (χ2v) is 7.88. The first-order chi connectivity index (χ1) is 15.2. The molecule has 0 spiro atoms. The van der Waals surface area contributed by atoms with Crippen molar-refractivity contribution >= 4 is 11.8 Å². The van der Waals surface area contributed by atoms with Crippen LogP contribution in [-0.2, 0) is 6.54 Å². The van der Waals surface area contributed by atoms with Crippen LogP contribution in [0.25, 0.3) is 0 Å². The Hall–Kier alpha value is -3.37. The highest BCUT2D eigenvalue weighted by atomic mass is 19.1. The Labute approximate surface area is 179 Å². The molecule has 2 atom stereocenters. The highest BCUT2D eigenvalue weighted by Crippen LogP contribution is 2.35. The summed E-state index contributed by atoms with van der Waals surface area (Å²) in [5.41, 5.74) is -2.65. The predicted octanol–water partition coefficient (Wildman–Crippen LogP) is 2.28. The number of hydrogen-bond acceptors (Lipinski definition) is 4. The SMILES string of the molecule is O=C(NCc1c(F)cc(F)cc1F)c1cn2c(c(O)c1=O)C(=O)N1CCC[C@@H](CF)[C@H]2C1. The van der Waals surface area contributed by atoms with Crippen LogP contribution in [0.1, 0.15) is 45.3 Å². The lowest BCUT2D eigenvalue weighted by atomic mass is 9.95. The molecule has 3 heterocycles. The van der Waals surface area contributed by atoms with Gasteiger partial charge < -0.3 is 19.9 Å². The second-order valence-electron chi connectivity index (χ2n) is 7.88. The number of nitrogens with one attached hydrogen (secondary N) is 1. The van der Waals surface area contributed by atoms with Crippen LogP contribution < -0.4 is 10.7 Å². The number of hydrogen-bond donors (Lipinski definition) is 2. The van der Waals surface area contributed by atoms with E-state index in [0.717, 1.165) is 6.20 Å². The molecular weight excluding hydrogens is 434 g/mol. The summed E-state index contributed by atoms with van der Waals surface area (Å²) in [4.78, 5) is 39.4. The Bertz CT molecular complexity index is 1140. The number of nitrogens with zero attached hydrogens (tertiary/aromatic N) is 2. The molecule has 1 aromatic carbocycles. The average Bonchev–Trinajstić information content (AvgIpc) is 2.93. The summed E-state index contributed by atoms with van der Waals surface area (Å²) < 4.78 is 55.6. The molecule has 2 aromatic rings. The third-order valence-electron chi connectivity index (χ3n) is 5.99. The molecule has 0 unspecified atom stereocenters. The highest BCUT2D eigenvalue weighted by molar-refractivity contribution is 5.99. The molecule has 2 bridgehead atoms. The van der Waals surface area contributed by atoms with Gasteiger partial charge in [0.1, 0.15) is 23.0 Å². The van der Waals surface area contributed by atoms with Gasteiger partial charge in [0.05, 0.1) is 12.7 Å². The predicted molar refractivity (Wildman–Crippen MR) is 103 cm³/mol. The Balaban J connectivity index is 1.70. The lowest BCUT2D eigenvalue weighted by Gasteiger charge is -2.36. The van der Waals surface area contributed by atoms with Crippen LogP contribution in [0.3, 0.4) is 0 Å². The minimum Gasteiger partial charge on any atom is -0.503 e. The van der Waals surface area contributed by atoms with Crippen LogP contribution in [0.2, 0.25) is 0 Å². The average molecular weight is 453 g/mol. The summed E-state index contributed by atoms with van der Waals surface area (Å²) in [6.45, 7) is -0.863. The molecule has 2 aliphatic heterocycles. The van der Waals surface area contributed by atoms with Gasteiger partial charge in [-0.05, 0) is 12.8 Å². The molecule has 4 rings (SSSR count). The molecule has 1 saturated heterocycles. The Morgan fingerprint density at radius 3 is 2.53 bits per heavy atom. The van der Waals surface area contributed by atoms with E-state index < -0.39 is 76.8 Å². The maximum atomic E-state index is 13.8. The lowest BCUT2D eigenvalue weighted by Crippen LogP contribution is -2.46. The molecule has 1 fully saturated rings. The first-order valence-corrected chi connectivity index (χ1v) is 9.97. The van der Waals surface area contributed by atoms with Crippen molar-refractivity contribution in [1.82, 2.24) is 14.8 Å². The minimum atomic E-state index is -1.22. The Morgan fingerprint density at radius 1 is 1.19 bits per heavy atom. The van der Waals surface area contributed by atoms with E-state index in [0.29, 0.717) is 31.5 Å². The number of rotatable bonds is 4. The molecule has 0 aliphatic carbocycles. The number of halogens is 4. The van der Waals surface area contributed by atoms with E-state index in [4.69, 9.17) is 0 Å². The molecule has 2 amide bonds. The van der Waals surface area contributed by atoms with Gasteiger partial charge >= 0.3 is 0 Å². The summed E-state index contributed by atoms with van der Waals surface area (Å²) in [6.07, 6.45) is 2.10. The second kappa shape index (κ2) is 8.29. The van der Waals surface area contributed by atoms with E-state index >= 15 is 0 Å². The Kier molecular flexibility index (Phi) is 5.66. The third-order valence-corrected chi connectivity index (χ3v) is 5.99. The number of amides is 2. The van der Waals surface area contributed by atoms with Gasteiger partial charge in [-0.3, -0.25) is 18.8 Å². The number of aromatic nitrogens is 1. The number of carbonyl (C=O) groups excluding carboxylic acids is 2. The van der Waals surface area contributed by atoms with Crippen LogP contribution >= 0.6 is 0 Å². The fourth-order valence-corrected chi connectivity index (χ4v) is 4.29. The number of benzene rings is 1. The number of carbonyl (C=O) groups is 2. The third kappa shape index (κ3) is 3.61. The van der Waals surface area contributed by atoms with Crippen molar-refractivity contribution in [2.75, 3.05) is 19.8 Å². The summed E-state index contributed by atoms with van der Waals surface area (Å²) in [6, 6.07) is 0.301. The van der Waals surface area contributed by atoms with E-state index in [1.807, 2.05) is 0 Å². The van der Waals surface area contributed by atoms with Crippen molar-refractivity contribution in [2.24, 2.45) is 5.92 Å². The molecule has 2 aliphatic rings. The molecule has 7 nitrogen and oxygen atoms in total. The van der Waals surface area contributed by atoms with Gasteiger partial charge in [-0.15, -0.1) is 0 Å². The van der Waals surface area contributed by atoms with Gasteiger partial charge in [-0.2, -0.15) is 0 Å². The zero-order valence-corrected chi connectivity index (χ0v) is 16.7. The van der Waals surface area contributed by atoms with E-state index in [2.05, 4.69) is 5.32 Å². The Morgan fingerprint density at radius 2 is 1.88 bits per heavy atom. The molecule has 32 heavy (non-hydrogen) atoms. The summed E-state index contributed by atoms with van der Waals surface area (Å²) in [7, 11) is 0. The number of alkyl halides is 1. The molecule has 0 saturated carbocycles. The summed E-state index contributed by atoms with van der Waals surface area (Å²) >= 11 is 0. The lowest BCUT2D eigenvalue weighted by molar-refractivity contribution is 0.0651. The van der Waals surface area contributed by atoms with Gasteiger partial charge in [0.15, 0.2) is 11.4 Å². The van der Waals surface area contributed by atoms with Gasteiger partial charge in [-0.25, -0.2) is 13.2 Å². The standard InChI is InChI=1S/C21H19F4N3O4/c22-6-10-2-1-3-27-9-16(10)28-8-13(18(29)19(30)17(28)21(27)32)20(31)26-7-12-14(24)4-11(23)5-15(12)25/h4-5,8,10,16,30H,1-3,6-7,9H2,(H,26,31)/t10-,16+/m0/s1. The van der Waals surface area contributed by atoms with Crippen molar-refractivity contribution in [1.29, 1.82) is 0 Å². The van der Waals surface area contributed by atoms with E-state index in [-0.39, 0.29) is 12.2 Å². The zero-order chi connectivity index (χ0) is 23.2. The normalized spacial score (nSPS) is 20.0. The molecule has 2 N–H and O–H groups in total. The molecular formula is C21H19F4N3O4. The van der Waals surface area contributed by atoms with Crippen molar-refractivity contribution in [3.05, 3.63) is 62.8 Å². The fraction of sp³-hybridized carbons (Fsp3) is 0.381. The number of pyridine rings is 1. The first kappa shape index (κ1) is 21.8. The number of aromatic hydroxyl groups is 1. The maximum Gasteiger partial charge on any atom is 0.274 e. The van der Waals surface area contributed by atoms with Gasteiger partial charge in [0.25, 0.3) is 11.8 Å². The van der Waals surface area contributed by atoms with Gasteiger partial charge in [0.2, 0.25) is 5.43 Å². The fourth-order valence-electron chi connectivity index (χ4n) is 4.29. The van der Waals surface area contributed by atoms with Gasteiger partial charge in [-0.1, -0.05) is 0 Å². The van der Waals surface area contributed by atoms with Crippen LogP contribution in [-0.4, -0.2) is 46.2 Å². The van der Waals surface area contributed by atoms with Crippen LogP contribution in [0, 0.1) is 23.4 Å². The van der Waals surface area contributed by atoms with Crippen molar-refractivity contribution in [3.8, 4) is 5.75 Å². The molecule has 0 radical (unpaired) electrons. The summed E-state index contributed by atoms with van der Waals surface area (Å²) in [5, 5.41) is 12.6. The van der Waals surface area contributed by atoms with Crippen LogP contribution in [0.5, 0.6) is 5.75 Å². The quantitative estimate of drug-likeness (QED) is 0.695.